The van der Waals surface area contributed by atoms with Crippen LogP contribution in [0.4, 0.5) is 0 Å². The number of thiophene rings is 1. The van der Waals surface area contributed by atoms with E-state index in [1.165, 1.54) is 0 Å². The van der Waals surface area contributed by atoms with Gasteiger partial charge in [0.05, 0.1) is 0 Å². The van der Waals surface area contributed by atoms with Gasteiger partial charge in [0.15, 0.2) is 16.4 Å². The van der Waals surface area contributed by atoms with Gasteiger partial charge in [-0.1, -0.05) is 0 Å². The van der Waals surface area contributed by atoms with E-state index >= 15 is 0 Å². The number of carboxylic acid groups (broad SMARTS) is 1. The molecule has 2 rings (SSSR count). The minimum atomic E-state index is -0.971. The van der Waals surface area contributed by atoms with Crippen molar-refractivity contribution < 1.29 is 19.4 Å². The van der Waals surface area contributed by atoms with Gasteiger partial charge in [-0.05, 0) is 0 Å². The van der Waals surface area contributed by atoms with Gasteiger partial charge >= 0.3 is 5.97 Å². The molecule has 2 heterocycles. The quantitative estimate of drug-likeness (QED) is 0.690. The first-order valence-electron chi connectivity index (χ1n) is 2.89. The SMILES string of the molecule is O=C(O)c1scc2c1OCO2. The molecule has 1 N–H and O–H groups in total. The van der Waals surface area contributed by atoms with Crippen molar-refractivity contribution in [1.29, 1.82) is 0 Å². The normalized spacial score (nSPS) is 13.5. The van der Waals surface area contributed by atoms with Gasteiger partial charge in [-0.15, -0.1) is 11.3 Å². The molecule has 0 saturated carbocycles. The Morgan fingerprint density at radius 2 is 2.45 bits per heavy atom. The molecule has 1 aliphatic heterocycles. The van der Waals surface area contributed by atoms with E-state index in [2.05, 4.69) is 0 Å². The molecule has 0 aliphatic carbocycles. The molecule has 4 nitrogen and oxygen atoms in total. The second-order valence-electron chi connectivity index (χ2n) is 1.97. The molecule has 5 heteroatoms. The number of hydrogen-bond acceptors (Lipinski definition) is 4. The highest BCUT2D eigenvalue weighted by Gasteiger charge is 2.24. The summed E-state index contributed by atoms with van der Waals surface area (Å²) in [7, 11) is 0. The first kappa shape index (κ1) is 6.48. The number of hydrogen-bond donors (Lipinski definition) is 1. The fourth-order valence-corrected chi connectivity index (χ4v) is 1.63. The molecule has 0 amide bonds. The predicted octanol–water partition coefficient (Wildman–Crippen LogP) is 1.18. The standard InChI is InChI=1S/C6H4O4S/c7-6(8)5-4-3(1-11-5)9-2-10-4/h1H,2H2,(H,7,8). The van der Waals surface area contributed by atoms with E-state index in [1.807, 2.05) is 0 Å². The first-order valence-corrected chi connectivity index (χ1v) is 3.77. The van der Waals surface area contributed by atoms with Crippen molar-refractivity contribution in [2.24, 2.45) is 0 Å². The Balaban J connectivity index is 2.50. The van der Waals surface area contributed by atoms with Crippen LogP contribution in [-0.2, 0) is 0 Å². The van der Waals surface area contributed by atoms with Crippen molar-refractivity contribution in [3.63, 3.8) is 0 Å². The average molecular weight is 172 g/mol. The van der Waals surface area contributed by atoms with E-state index in [1.54, 1.807) is 5.38 Å². The zero-order valence-corrected chi connectivity index (χ0v) is 6.18. The highest BCUT2D eigenvalue weighted by molar-refractivity contribution is 7.12. The third-order valence-electron chi connectivity index (χ3n) is 1.33. The summed E-state index contributed by atoms with van der Waals surface area (Å²) in [4.78, 5) is 10.7. The van der Waals surface area contributed by atoms with Crippen LogP contribution in [0.3, 0.4) is 0 Å². The number of ether oxygens (including phenoxy) is 2. The van der Waals surface area contributed by atoms with Crippen LogP contribution in [0.15, 0.2) is 5.38 Å². The van der Waals surface area contributed by atoms with E-state index in [4.69, 9.17) is 14.6 Å². The summed E-state index contributed by atoms with van der Waals surface area (Å²) >= 11 is 1.11. The monoisotopic (exact) mass is 172 g/mol. The number of rotatable bonds is 1. The Hall–Kier alpha value is -1.23. The topological polar surface area (TPSA) is 55.8 Å². The maximum Gasteiger partial charge on any atom is 0.349 e. The Morgan fingerprint density at radius 3 is 3.18 bits per heavy atom. The minimum Gasteiger partial charge on any atom is -0.477 e. The molecule has 1 aliphatic rings. The highest BCUT2D eigenvalue weighted by Crippen LogP contribution is 2.40. The summed E-state index contributed by atoms with van der Waals surface area (Å²) in [6.45, 7) is 0.124. The fourth-order valence-electron chi connectivity index (χ4n) is 0.867. The van der Waals surface area contributed by atoms with Crippen LogP contribution in [0.25, 0.3) is 0 Å². The first-order chi connectivity index (χ1) is 5.29. The van der Waals surface area contributed by atoms with Crippen molar-refractivity contribution in [2.45, 2.75) is 0 Å². The summed E-state index contributed by atoms with van der Waals surface area (Å²) in [5.74, 6) is -0.0725. The van der Waals surface area contributed by atoms with Crippen LogP contribution in [0.5, 0.6) is 11.5 Å². The lowest BCUT2D eigenvalue weighted by Gasteiger charge is -1.91. The van der Waals surface area contributed by atoms with Crippen molar-refractivity contribution in [3.8, 4) is 11.5 Å². The van der Waals surface area contributed by atoms with Crippen molar-refractivity contribution >= 4 is 17.3 Å². The lowest BCUT2D eigenvalue weighted by Crippen LogP contribution is -1.98. The van der Waals surface area contributed by atoms with E-state index < -0.39 is 5.97 Å². The number of fused-ring (bicyclic) bond motifs is 1. The number of aromatic carboxylic acids is 1. The van der Waals surface area contributed by atoms with Crippen LogP contribution in [-0.4, -0.2) is 17.9 Å². The van der Waals surface area contributed by atoms with Crippen LogP contribution in [0.2, 0.25) is 0 Å². The molecule has 11 heavy (non-hydrogen) atoms. The molecule has 1 aromatic heterocycles. The molecule has 1 aromatic rings. The third-order valence-corrected chi connectivity index (χ3v) is 2.25. The summed E-state index contributed by atoms with van der Waals surface area (Å²) in [5, 5.41) is 10.2. The predicted molar refractivity (Wildman–Crippen MR) is 37.4 cm³/mol. The average Bonchev–Trinajstić information content (AvgIpc) is 2.41. The second-order valence-corrected chi connectivity index (χ2v) is 2.85. The maximum atomic E-state index is 10.5. The smallest absolute Gasteiger partial charge is 0.349 e. The largest absolute Gasteiger partial charge is 0.477 e. The molecule has 0 bridgehead atoms. The Labute approximate surface area is 66.0 Å². The number of carbonyl (C=O) groups is 1. The van der Waals surface area contributed by atoms with Gasteiger partial charge in [0.25, 0.3) is 0 Å². The van der Waals surface area contributed by atoms with Crippen molar-refractivity contribution in [2.75, 3.05) is 6.79 Å². The van der Waals surface area contributed by atoms with Crippen LogP contribution >= 0.6 is 11.3 Å². The van der Waals surface area contributed by atoms with Gasteiger partial charge in [-0.2, -0.15) is 0 Å². The Bertz CT molecular complexity index is 304. The second kappa shape index (κ2) is 2.13. The minimum absolute atomic E-state index is 0.124. The van der Waals surface area contributed by atoms with Crippen LogP contribution in [0.1, 0.15) is 9.67 Å². The molecule has 0 aromatic carbocycles. The highest BCUT2D eigenvalue weighted by atomic mass is 32.1. The van der Waals surface area contributed by atoms with E-state index in [-0.39, 0.29) is 11.7 Å². The summed E-state index contributed by atoms with van der Waals surface area (Å²) < 4.78 is 9.89. The van der Waals surface area contributed by atoms with Gasteiger partial charge in [0.2, 0.25) is 6.79 Å². The van der Waals surface area contributed by atoms with Crippen molar-refractivity contribution in [3.05, 3.63) is 10.3 Å². The zero-order valence-electron chi connectivity index (χ0n) is 5.36. The van der Waals surface area contributed by atoms with Gasteiger partial charge in [-0.25, -0.2) is 4.79 Å². The molecular weight excluding hydrogens is 168 g/mol. The van der Waals surface area contributed by atoms with Gasteiger partial charge in [0.1, 0.15) is 0 Å². The molecule has 0 spiro atoms. The molecule has 58 valence electrons. The molecule has 0 radical (unpaired) electrons. The maximum absolute atomic E-state index is 10.5. The van der Waals surface area contributed by atoms with Crippen LogP contribution in [0, 0.1) is 0 Å². The summed E-state index contributed by atoms with van der Waals surface area (Å²) in [6, 6.07) is 0. The van der Waals surface area contributed by atoms with Gasteiger partial charge in [0, 0.05) is 5.38 Å². The Kier molecular flexibility index (Phi) is 1.25. The summed E-state index contributed by atoms with van der Waals surface area (Å²) in [6.07, 6.45) is 0. The molecule has 0 saturated heterocycles. The molecule has 0 fully saturated rings. The molecule has 0 atom stereocenters. The third kappa shape index (κ3) is 0.848. The lowest BCUT2D eigenvalue weighted by atomic mass is 10.4. The Morgan fingerprint density at radius 1 is 1.64 bits per heavy atom. The summed E-state index contributed by atoms with van der Waals surface area (Å²) in [5.41, 5.74) is 0. The molecular formula is C6H4O4S. The van der Waals surface area contributed by atoms with Crippen molar-refractivity contribution in [1.82, 2.24) is 0 Å². The van der Waals surface area contributed by atoms with E-state index in [9.17, 15) is 4.79 Å². The van der Waals surface area contributed by atoms with E-state index in [0.717, 1.165) is 11.3 Å². The van der Waals surface area contributed by atoms with Crippen LogP contribution < -0.4 is 9.47 Å². The van der Waals surface area contributed by atoms with Gasteiger partial charge < -0.3 is 14.6 Å². The van der Waals surface area contributed by atoms with E-state index in [0.29, 0.717) is 11.5 Å². The molecule has 0 unspecified atom stereocenters. The lowest BCUT2D eigenvalue weighted by molar-refractivity contribution is 0.0697. The van der Waals surface area contributed by atoms with Gasteiger partial charge in [-0.3, -0.25) is 0 Å². The number of carboxylic acids is 1. The zero-order chi connectivity index (χ0) is 7.84. The fraction of sp³-hybridized carbons (Fsp3) is 0.167.